The number of halogens is 1. The van der Waals surface area contributed by atoms with Crippen LogP contribution in [0.3, 0.4) is 0 Å². The van der Waals surface area contributed by atoms with Crippen LogP contribution in [-0.2, 0) is 14.8 Å². The number of sulfonamides is 1. The van der Waals surface area contributed by atoms with Gasteiger partial charge in [0.2, 0.25) is 5.03 Å². The lowest BCUT2D eigenvalue weighted by Gasteiger charge is -2.15. The Morgan fingerprint density at radius 2 is 2.33 bits per heavy atom. The van der Waals surface area contributed by atoms with Gasteiger partial charge in [-0.2, -0.15) is 0 Å². The standard InChI is InChI=1S/C10H15FN2O4S/c1-17-6-4-8(7-14)13-18(15,16)10-9(11)3-2-5-12-10/h2-3,5,8,13-14H,4,6-7H2,1H3. The van der Waals surface area contributed by atoms with Crippen molar-refractivity contribution in [1.29, 1.82) is 0 Å². The van der Waals surface area contributed by atoms with Gasteiger partial charge in [-0.3, -0.25) is 0 Å². The first-order chi connectivity index (χ1) is 8.51. The van der Waals surface area contributed by atoms with E-state index in [-0.39, 0.29) is 13.0 Å². The number of aromatic nitrogens is 1. The predicted octanol–water partition coefficient (Wildman–Crippen LogP) is -0.104. The first-order valence-electron chi connectivity index (χ1n) is 5.24. The lowest BCUT2D eigenvalue weighted by molar-refractivity contribution is 0.166. The van der Waals surface area contributed by atoms with E-state index in [9.17, 15) is 12.8 Å². The van der Waals surface area contributed by atoms with Gasteiger partial charge in [0.15, 0.2) is 5.82 Å². The summed E-state index contributed by atoms with van der Waals surface area (Å²) in [4.78, 5) is 3.48. The maximum Gasteiger partial charge on any atom is 0.261 e. The van der Waals surface area contributed by atoms with Crippen molar-refractivity contribution in [1.82, 2.24) is 9.71 Å². The van der Waals surface area contributed by atoms with Gasteiger partial charge < -0.3 is 9.84 Å². The molecule has 102 valence electrons. The van der Waals surface area contributed by atoms with E-state index in [4.69, 9.17) is 9.84 Å². The minimum atomic E-state index is -4.08. The molecule has 0 aliphatic rings. The lowest BCUT2D eigenvalue weighted by Crippen LogP contribution is -2.38. The number of pyridine rings is 1. The molecule has 0 fully saturated rings. The molecule has 18 heavy (non-hydrogen) atoms. The number of hydrogen-bond acceptors (Lipinski definition) is 5. The minimum Gasteiger partial charge on any atom is -0.395 e. The monoisotopic (exact) mass is 278 g/mol. The number of aliphatic hydroxyl groups is 1. The average Bonchev–Trinajstić information content (AvgIpc) is 2.34. The summed E-state index contributed by atoms with van der Waals surface area (Å²) >= 11 is 0. The van der Waals surface area contributed by atoms with Crippen LogP contribution >= 0.6 is 0 Å². The molecule has 1 heterocycles. The number of ether oxygens (including phenoxy) is 1. The van der Waals surface area contributed by atoms with Gasteiger partial charge in [0.1, 0.15) is 0 Å². The topological polar surface area (TPSA) is 88.5 Å². The highest BCUT2D eigenvalue weighted by Crippen LogP contribution is 2.10. The van der Waals surface area contributed by atoms with E-state index >= 15 is 0 Å². The summed E-state index contributed by atoms with van der Waals surface area (Å²) in [6.07, 6.45) is 1.46. The largest absolute Gasteiger partial charge is 0.395 e. The SMILES string of the molecule is COCCC(CO)NS(=O)(=O)c1ncccc1F. The van der Waals surface area contributed by atoms with Crippen LogP contribution in [0.4, 0.5) is 4.39 Å². The van der Waals surface area contributed by atoms with Crippen molar-refractivity contribution in [2.75, 3.05) is 20.3 Å². The summed E-state index contributed by atoms with van der Waals surface area (Å²) in [7, 11) is -2.62. The van der Waals surface area contributed by atoms with Crippen LogP contribution in [0.2, 0.25) is 0 Å². The van der Waals surface area contributed by atoms with Crippen molar-refractivity contribution in [3.8, 4) is 0 Å². The number of nitrogens with one attached hydrogen (secondary N) is 1. The Morgan fingerprint density at radius 1 is 1.61 bits per heavy atom. The van der Waals surface area contributed by atoms with E-state index < -0.39 is 33.5 Å². The second-order valence-corrected chi connectivity index (χ2v) is 5.20. The van der Waals surface area contributed by atoms with Gasteiger partial charge >= 0.3 is 0 Å². The fourth-order valence-electron chi connectivity index (χ4n) is 1.29. The van der Waals surface area contributed by atoms with Crippen LogP contribution in [0, 0.1) is 5.82 Å². The molecule has 0 aromatic carbocycles. The second kappa shape index (κ2) is 6.74. The second-order valence-electron chi connectivity index (χ2n) is 3.57. The number of nitrogens with zero attached hydrogens (tertiary/aromatic N) is 1. The van der Waals surface area contributed by atoms with Crippen LogP contribution < -0.4 is 4.72 Å². The van der Waals surface area contributed by atoms with Gasteiger partial charge in [-0.25, -0.2) is 22.5 Å². The zero-order chi connectivity index (χ0) is 13.6. The fourth-order valence-corrected chi connectivity index (χ4v) is 2.56. The summed E-state index contributed by atoms with van der Waals surface area (Å²) in [5.74, 6) is -0.937. The highest BCUT2D eigenvalue weighted by atomic mass is 32.2. The molecule has 1 rings (SSSR count). The van der Waals surface area contributed by atoms with Gasteiger partial charge in [-0.05, 0) is 18.6 Å². The molecule has 1 aromatic heterocycles. The van der Waals surface area contributed by atoms with E-state index in [1.54, 1.807) is 0 Å². The van der Waals surface area contributed by atoms with Gasteiger partial charge in [0, 0.05) is 26.0 Å². The molecule has 0 saturated heterocycles. The van der Waals surface area contributed by atoms with Crippen molar-refractivity contribution in [3.05, 3.63) is 24.1 Å². The third-order valence-electron chi connectivity index (χ3n) is 2.19. The van der Waals surface area contributed by atoms with E-state index in [0.29, 0.717) is 0 Å². The maximum atomic E-state index is 13.3. The molecule has 0 amide bonds. The van der Waals surface area contributed by atoms with Gasteiger partial charge in [0.25, 0.3) is 10.0 Å². The Labute approximate surface area is 105 Å². The molecule has 0 aliphatic heterocycles. The normalized spacial score (nSPS) is 13.5. The molecule has 2 N–H and O–H groups in total. The zero-order valence-electron chi connectivity index (χ0n) is 9.84. The number of rotatable bonds is 7. The van der Waals surface area contributed by atoms with Crippen molar-refractivity contribution < 1.29 is 22.7 Å². The third kappa shape index (κ3) is 3.98. The van der Waals surface area contributed by atoms with Crippen LogP contribution in [0.15, 0.2) is 23.4 Å². The van der Waals surface area contributed by atoms with Gasteiger partial charge in [-0.15, -0.1) is 0 Å². The molecular formula is C10H15FN2O4S. The Kier molecular flexibility index (Phi) is 5.60. The Hall–Kier alpha value is -1.09. The van der Waals surface area contributed by atoms with E-state index in [0.717, 1.165) is 6.07 Å². The minimum absolute atomic E-state index is 0.276. The Bertz CT molecular complexity index is 481. The zero-order valence-corrected chi connectivity index (χ0v) is 10.7. The molecule has 8 heteroatoms. The van der Waals surface area contributed by atoms with Gasteiger partial charge in [0.05, 0.1) is 6.61 Å². The highest BCUT2D eigenvalue weighted by Gasteiger charge is 2.23. The summed E-state index contributed by atoms with van der Waals surface area (Å²) in [5, 5.41) is 8.36. The quantitative estimate of drug-likeness (QED) is 0.727. The first kappa shape index (κ1) is 15.0. The van der Waals surface area contributed by atoms with Crippen molar-refractivity contribution >= 4 is 10.0 Å². The smallest absolute Gasteiger partial charge is 0.261 e. The number of aliphatic hydroxyl groups excluding tert-OH is 1. The average molecular weight is 278 g/mol. The summed E-state index contributed by atoms with van der Waals surface area (Å²) in [6.45, 7) is -0.129. The van der Waals surface area contributed by atoms with Gasteiger partial charge in [-0.1, -0.05) is 0 Å². The molecule has 0 saturated carbocycles. The van der Waals surface area contributed by atoms with Crippen LogP contribution in [0.1, 0.15) is 6.42 Å². The van der Waals surface area contributed by atoms with Crippen molar-refractivity contribution in [2.24, 2.45) is 0 Å². The van der Waals surface area contributed by atoms with E-state index in [1.807, 2.05) is 0 Å². The number of methoxy groups -OCH3 is 1. The van der Waals surface area contributed by atoms with Crippen LogP contribution in [0.5, 0.6) is 0 Å². The van der Waals surface area contributed by atoms with Crippen molar-refractivity contribution in [3.63, 3.8) is 0 Å². The highest BCUT2D eigenvalue weighted by molar-refractivity contribution is 7.89. The van der Waals surface area contributed by atoms with Crippen LogP contribution in [0.25, 0.3) is 0 Å². The summed E-state index contributed by atoms with van der Waals surface area (Å²) in [5.41, 5.74) is 0. The van der Waals surface area contributed by atoms with E-state index in [1.165, 1.54) is 19.4 Å². The van der Waals surface area contributed by atoms with E-state index in [2.05, 4.69) is 9.71 Å². The Balaban J connectivity index is 2.84. The maximum absolute atomic E-state index is 13.3. The predicted molar refractivity (Wildman–Crippen MR) is 61.9 cm³/mol. The number of hydrogen-bond donors (Lipinski definition) is 2. The van der Waals surface area contributed by atoms with Crippen molar-refractivity contribution in [2.45, 2.75) is 17.5 Å². The lowest BCUT2D eigenvalue weighted by atomic mass is 10.2. The molecule has 0 bridgehead atoms. The Morgan fingerprint density at radius 3 is 2.89 bits per heavy atom. The molecule has 0 spiro atoms. The molecule has 0 radical (unpaired) electrons. The molecule has 1 atom stereocenters. The summed E-state index contributed by atoms with van der Waals surface area (Å²) < 4.78 is 43.9. The molecule has 6 nitrogen and oxygen atoms in total. The molecule has 1 unspecified atom stereocenters. The molecule has 0 aliphatic carbocycles. The summed E-state index contributed by atoms with van der Waals surface area (Å²) in [6, 6.07) is 1.56. The first-order valence-corrected chi connectivity index (χ1v) is 6.72. The third-order valence-corrected chi connectivity index (χ3v) is 3.65. The fraction of sp³-hybridized carbons (Fsp3) is 0.500. The molecule has 1 aromatic rings. The molecular weight excluding hydrogens is 263 g/mol. The van der Waals surface area contributed by atoms with Crippen LogP contribution in [-0.4, -0.2) is 44.9 Å².